The number of halogens is 3. The zero-order valence-corrected chi connectivity index (χ0v) is 13.5. The molecule has 1 aromatic carbocycles. The van der Waals surface area contributed by atoms with E-state index < -0.39 is 17.7 Å². The van der Waals surface area contributed by atoms with Crippen LogP contribution in [0.4, 0.5) is 13.2 Å². The number of fused-ring (bicyclic) bond motifs is 1. The number of carbonyl (C=O) groups excluding carboxylic acids is 1. The number of ether oxygens (including phenoxy) is 1. The number of rotatable bonds is 2. The van der Waals surface area contributed by atoms with Gasteiger partial charge in [-0.15, -0.1) is 0 Å². The minimum atomic E-state index is -4.50. The van der Waals surface area contributed by atoms with Gasteiger partial charge in [-0.1, -0.05) is 24.3 Å². The molecule has 0 bridgehead atoms. The van der Waals surface area contributed by atoms with Gasteiger partial charge in [-0.3, -0.25) is 4.79 Å². The SMILES string of the molecule is COC1(C(F)(F)F)CCN(C(=O)c2ncc3ccccc3c2O)CC1. The minimum Gasteiger partial charge on any atom is -0.505 e. The molecule has 1 aliphatic rings. The van der Waals surface area contributed by atoms with E-state index in [4.69, 9.17) is 4.74 Å². The first-order valence-electron chi connectivity index (χ1n) is 7.77. The van der Waals surface area contributed by atoms with Crippen LogP contribution < -0.4 is 0 Å². The molecule has 3 rings (SSSR count). The Labute approximate surface area is 142 Å². The van der Waals surface area contributed by atoms with Crippen molar-refractivity contribution in [1.29, 1.82) is 0 Å². The fourth-order valence-electron chi connectivity index (χ4n) is 3.13. The topological polar surface area (TPSA) is 62.7 Å². The number of benzene rings is 1. The molecule has 1 fully saturated rings. The molecule has 0 saturated carbocycles. The van der Waals surface area contributed by atoms with Gasteiger partial charge < -0.3 is 14.7 Å². The lowest BCUT2D eigenvalue weighted by atomic mass is 9.90. The number of aromatic nitrogens is 1. The Balaban J connectivity index is 1.83. The monoisotopic (exact) mass is 354 g/mol. The van der Waals surface area contributed by atoms with Crippen LogP contribution >= 0.6 is 0 Å². The van der Waals surface area contributed by atoms with Gasteiger partial charge in [-0.2, -0.15) is 13.2 Å². The Hall–Kier alpha value is -2.35. The van der Waals surface area contributed by atoms with Gasteiger partial charge in [0.2, 0.25) is 0 Å². The Kier molecular flexibility index (Phi) is 4.32. The first kappa shape index (κ1) is 17.5. The molecule has 134 valence electrons. The average Bonchev–Trinajstić information content (AvgIpc) is 2.61. The van der Waals surface area contributed by atoms with Gasteiger partial charge >= 0.3 is 6.18 Å². The summed E-state index contributed by atoms with van der Waals surface area (Å²) < 4.78 is 44.3. The maximum atomic E-state index is 13.2. The van der Waals surface area contributed by atoms with Crippen molar-refractivity contribution in [3.63, 3.8) is 0 Å². The highest BCUT2D eigenvalue weighted by Crippen LogP contribution is 2.41. The normalized spacial score (nSPS) is 17.7. The molecule has 0 spiro atoms. The van der Waals surface area contributed by atoms with E-state index in [0.717, 1.165) is 7.11 Å². The van der Waals surface area contributed by atoms with E-state index in [-0.39, 0.29) is 37.4 Å². The zero-order chi connectivity index (χ0) is 18.2. The highest BCUT2D eigenvalue weighted by atomic mass is 19.4. The van der Waals surface area contributed by atoms with Gasteiger partial charge in [0.05, 0.1) is 0 Å². The largest absolute Gasteiger partial charge is 0.505 e. The van der Waals surface area contributed by atoms with Crippen LogP contribution in [0.25, 0.3) is 10.8 Å². The summed E-state index contributed by atoms with van der Waals surface area (Å²) in [6.45, 7) is -0.250. The highest BCUT2D eigenvalue weighted by Gasteiger charge is 2.56. The number of hydrogen-bond acceptors (Lipinski definition) is 4. The lowest BCUT2D eigenvalue weighted by Gasteiger charge is -2.41. The summed E-state index contributed by atoms with van der Waals surface area (Å²) in [7, 11) is 1.03. The Morgan fingerprint density at radius 3 is 2.52 bits per heavy atom. The van der Waals surface area contributed by atoms with Crippen LogP contribution in [-0.4, -0.2) is 52.9 Å². The van der Waals surface area contributed by atoms with Crippen LogP contribution in [0.5, 0.6) is 5.75 Å². The number of nitrogens with zero attached hydrogens (tertiary/aromatic N) is 2. The Morgan fingerprint density at radius 1 is 1.28 bits per heavy atom. The van der Waals surface area contributed by atoms with Crippen LogP contribution in [0.3, 0.4) is 0 Å². The standard InChI is InChI=1S/C17H17F3N2O3/c1-25-16(17(18,19)20)6-8-22(9-7-16)15(24)13-14(23)12-5-3-2-4-11(12)10-21-13/h2-5,10,23H,6-9H2,1H3. The van der Waals surface area contributed by atoms with Crippen molar-refractivity contribution in [2.45, 2.75) is 24.6 Å². The van der Waals surface area contributed by atoms with Crippen molar-refractivity contribution in [2.24, 2.45) is 0 Å². The molecule has 0 aliphatic carbocycles. The van der Waals surface area contributed by atoms with Gasteiger partial charge in [0, 0.05) is 50.0 Å². The molecule has 0 atom stereocenters. The number of piperidine rings is 1. The molecule has 1 amide bonds. The van der Waals surface area contributed by atoms with E-state index in [1.807, 2.05) is 0 Å². The lowest BCUT2D eigenvalue weighted by molar-refractivity contribution is -0.281. The van der Waals surface area contributed by atoms with Crippen molar-refractivity contribution < 1.29 is 27.8 Å². The molecule has 2 heterocycles. The van der Waals surface area contributed by atoms with Crippen LogP contribution in [0.1, 0.15) is 23.3 Å². The molecular formula is C17H17F3N2O3. The van der Waals surface area contributed by atoms with Gasteiger partial charge in [-0.05, 0) is 0 Å². The summed E-state index contributed by atoms with van der Waals surface area (Å²) in [5.41, 5.74) is -2.39. The molecular weight excluding hydrogens is 337 g/mol. The molecule has 0 radical (unpaired) electrons. The summed E-state index contributed by atoms with van der Waals surface area (Å²) in [5.74, 6) is -0.849. The maximum absolute atomic E-state index is 13.2. The zero-order valence-electron chi connectivity index (χ0n) is 13.5. The number of likely N-dealkylation sites (tertiary alicyclic amines) is 1. The first-order chi connectivity index (χ1) is 11.8. The van der Waals surface area contributed by atoms with E-state index in [0.29, 0.717) is 10.8 Å². The van der Waals surface area contributed by atoms with Crippen molar-refractivity contribution >= 4 is 16.7 Å². The fraction of sp³-hybridized carbons (Fsp3) is 0.412. The molecule has 0 unspecified atom stereocenters. The highest BCUT2D eigenvalue weighted by molar-refractivity contribution is 6.01. The molecule has 25 heavy (non-hydrogen) atoms. The number of alkyl halides is 3. The lowest BCUT2D eigenvalue weighted by Crippen LogP contribution is -2.55. The summed E-state index contributed by atoms with van der Waals surface area (Å²) in [6, 6.07) is 6.89. The minimum absolute atomic E-state index is 0.125. The van der Waals surface area contributed by atoms with Crippen LogP contribution in [-0.2, 0) is 4.74 Å². The van der Waals surface area contributed by atoms with Gasteiger partial charge in [0.25, 0.3) is 5.91 Å². The number of aromatic hydroxyl groups is 1. The third-order valence-electron chi connectivity index (χ3n) is 4.74. The first-order valence-corrected chi connectivity index (χ1v) is 7.77. The second-order valence-corrected chi connectivity index (χ2v) is 6.03. The van der Waals surface area contributed by atoms with Crippen LogP contribution in [0, 0.1) is 0 Å². The van der Waals surface area contributed by atoms with Gasteiger partial charge in [0.1, 0.15) is 0 Å². The number of pyridine rings is 1. The number of methoxy groups -OCH3 is 1. The molecule has 5 nitrogen and oxygen atoms in total. The van der Waals surface area contributed by atoms with Crippen molar-refractivity contribution in [3.8, 4) is 5.75 Å². The maximum Gasteiger partial charge on any atom is 0.417 e. The average molecular weight is 354 g/mol. The molecule has 1 N–H and O–H groups in total. The van der Waals surface area contributed by atoms with Crippen LogP contribution in [0.2, 0.25) is 0 Å². The third kappa shape index (κ3) is 2.90. The van der Waals surface area contributed by atoms with E-state index in [2.05, 4.69) is 4.98 Å². The quantitative estimate of drug-likeness (QED) is 0.900. The molecule has 2 aromatic rings. The van der Waals surface area contributed by atoms with E-state index >= 15 is 0 Å². The molecule has 1 aromatic heterocycles. The summed E-state index contributed by atoms with van der Waals surface area (Å²) in [6.07, 6.45) is -3.75. The predicted octanol–water partition coefficient (Wildman–Crippen LogP) is 3.12. The number of amides is 1. The van der Waals surface area contributed by atoms with Crippen molar-refractivity contribution in [3.05, 3.63) is 36.2 Å². The number of hydrogen-bond donors (Lipinski definition) is 1. The second-order valence-electron chi connectivity index (χ2n) is 6.03. The molecule has 8 heteroatoms. The van der Waals surface area contributed by atoms with E-state index in [9.17, 15) is 23.1 Å². The van der Waals surface area contributed by atoms with Gasteiger partial charge in [-0.25, -0.2) is 4.98 Å². The Morgan fingerprint density at radius 2 is 1.92 bits per heavy atom. The van der Waals surface area contributed by atoms with E-state index in [1.165, 1.54) is 11.1 Å². The predicted molar refractivity (Wildman–Crippen MR) is 84.3 cm³/mol. The number of carbonyl (C=O) groups is 1. The molecule has 1 saturated heterocycles. The van der Waals surface area contributed by atoms with E-state index in [1.54, 1.807) is 24.3 Å². The van der Waals surface area contributed by atoms with Crippen molar-refractivity contribution in [1.82, 2.24) is 9.88 Å². The second kappa shape index (κ2) is 6.18. The van der Waals surface area contributed by atoms with Gasteiger partial charge in [0.15, 0.2) is 17.0 Å². The third-order valence-corrected chi connectivity index (χ3v) is 4.74. The summed E-state index contributed by atoms with van der Waals surface area (Å²) in [4.78, 5) is 17.9. The fourth-order valence-corrected chi connectivity index (χ4v) is 3.13. The van der Waals surface area contributed by atoms with Crippen LogP contribution in [0.15, 0.2) is 30.5 Å². The Bertz CT molecular complexity index is 799. The molecule has 1 aliphatic heterocycles. The summed E-state index contributed by atoms with van der Waals surface area (Å²) >= 11 is 0. The smallest absolute Gasteiger partial charge is 0.417 e. The van der Waals surface area contributed by atoms with Crippen molar-refractivity contribution in [2.75, 3.05) is 20.2 Å². The summed E-state index contributed by atoms with van der Waals surface area (Å²) in [5, 5.41) is 11.5.